The van der Waals surface area contributed by atoms with E-state index in [1.165, 1.54) is 17.4 Å². The molecule has 8 nitrogen and oxygen atoms in total. The highest BCUT2D eigenvalue weighted by Gasteiger charge is 2.25. The second-order valence-electron chi connectivity index (χ2n) is 7.33. The summed E-state index contributed by atoms with van der Waals surface area (Å²) in [6.45, 7) is 2.20. The molecule has 0 bridgehead atoms. The molecule has 4 aromatic rings. The van der Waals surface area contributed by atoms with Crippen molar-refractivity contribution >= 4 is 22.8 Å². The number of carbonyl (C=O) groups excluding carboxylic acids is 1. The molecule has 0 radical (unpaired) electrons. The first-order chi connectivity index (χ1) is 16.5. The monoisotopic (exact) mass is 474 g/mol. The van der Waals surface area contributed by atoms with E-state index >= 15 is 0 Å². The molecule has 5 rings (SSSR count). The maximum Gasteiger partial charge on any atom is 0.311 e. The Kier molecular flexibility index (Phi) is 5.69. The second kappa shape index (κ2) is 8.95. The summed E-state index contributed by atoms with van der Waals surface area (Å²) in [5.41, 5.74) is 2.16. The smallest absolute Gasteiger partial charge is 0.311 e. The van der Waals surface area contributed by atoms with Crippen molar-refractivity contribution in [3.8, 4) is 38.9 Å². The van der Waals surface area contributed by atoms with Gasteiger partial charge in [0.25, 0.3) is 0 Å². The zero-order valence-electron chi connectivity index (χ0n) is 18.0. The number of ether oxygens (including phenoxy) is 3. The average Bonchev–Trinajstić information content (AvgIpc) is 3.51. The van der Waals surface area contributed by atoms with Gasteiger partial charge in [-0.05, 0) is 37.3 Å². The predicted molar refractivity (Wildman–Crippen MR) is 127 cm³/mol. The molecule has 0 aliphatic carbocycles. The van der Waals surface area contributed by atoms with E-state index in [-0.39, 0.29) is 29.0 Å². The lowest BCUT2D eigenvalue weighted by molar-refractivity contribution is -0.385. The number of benzene rings is 3. The fourth-order valence-corrected chi connectivity index (χ4v) is 4.69. The van der Waals surface area contributed by atoms with Gasteiger partial charge in [0.05, 0.1) is 22.1 Å². The highest BCUT2D eigenvalue weighted by atomic mass is 32.1. The van der Waals surface area contributed by atoms with E-state index in [2.05, 4.69) is 4.98 Å². The first-order valence-corrected chi connectivity index (χ1v) is 11.3. The minimum Gasteiger partial charge on any atom is -0.487 e. The van der Waals surface area contributed by atoms with Gasteiger partial charge in [-0.2, -0.15) is 0 Å². The molecule has 1 aliphatic rings. The average molecular weight is 474 g/mol. The number of rotatable bonds is 7. The van der Waals surface area contributed by atoms with Crippen LogP contribution in [0, 0.1) is 10.1 Å². The number of nitro benzene ring substituents is 1. The highest BCUT2D eigenvalue weighted by Crippen LogP contribution is 2.43. The van der Waals surface area contributed by atoms with E-state index in [0.29, 0.717) is 45.4 Å². The zero-order valence-corrected chi connectivity index (χ0v) is 18.8. The third kappa shape index (κ3) is 3.97. The first kappa shape index (κ1) is 21.6. The Hall–Kier alpha value is -4.24. The number of hydrogen-bond acceptors (Lipinski definition) is 8. The van der Waals surface area contributed by atoms with Crippen LogP contribution in [0.25, 0.3) is 21.7 Å². The summed E-state index contributed by atoms with van der Waals surface area (Å²) in [7, 11) is 0. The second-order valence-corrected chi connectivity index (χ2v) is 8.33. The molecule has 3 aromatic carbocycles. The Bertz CT molecular complexity index is 1400. The molecule has 0 amide bonds. The third-order valence-electron chi connectivity index (χ3n) is 5.22. The van der Waals surface area contributed by atoms with Crippen LogP contribution >= 0.6 is 11.3 Å². The van der Waals surface area contributed by atoms with Crippen molar-refractivity contribution in [2.24, 2.45) is 0 Å². The van der Waals surface area contributed by atoms with Gasteiger partial charge in [0.1, 0.15) is 0 Å². The van der Waals surface area contributed by atoms with Crippen LogP contribution in [0.5, 0.6) is 17.2 Å². The normalized spacial score (nSPS) is 11.9. The van der Waals surface area contributed by atoms with E-state index < -0.39 is 4.92 Å². The summed E-state index contributed by atoms with van der Waals surface area (Å²) in [5.74, 6) is 1.16. The number of nitrogens with zero attached hydrogens (tertiary/aromatic N) is 2. The van der Waals surface area contributed by atoms with Gasteiger partial charge in [-0.3, -0.25) is 14.9 Å². The fourth-order valence-electron chi connectivity index (χ4n) is 3.64. The molecule has 1 aromatic heterocycles. The lowest BCUT2D eigenvalue weighted by atomic mass is 10.1. The molecular formula is C25H18N2O6S. The molecule has 0 atom stereocenters. The number of thiazole rings is 1. The van der Waals surface area contributed by atoms with E-state index in [1.54, 1.807) is 55.5 Å². The predicted octanol–water partition coefficient (Wildman–Crippen LogP) is 5.74. The lowest BCUT2D eigenvalue weighted by Crippen LogP contribution is -2.00. The Balaban J connectivity index is 1.66. The molecule has 170 valence electrons. The molecule has 2 heterocycles. The van der Waals surface area contributed by atoms with Crippen LogP contribution in [0.3, 0.4) is 0 Å². The Morgan fingerprint density at radius 1 is 1.06 bits per heavy atom. The third-order valence-corrected chi connectivity index (χ3v) is 6.32. The topological polar surface area (TPSA) is 101 Å². The summed E-state index contributed by atoms with van der Waals surface area (Å²) in [6.07, 6.45) is 0. The van der Waals surface area contributed by atoms with Crippen molar-refractivity contribution in [2.45, 2.75) is 6.92 Å². The molecular weight excluding hydrogens is 456 g/mol. The van der Waals surface area contributed by atoms with Crippen LogP contribution in [-0.2, 0) is 0 Å². The number of carbonyl (C=O) groups is 1. The zero-order chi connectivity index (χ0) is 23.7. The van der Waals surface area contributed by atoms with Crippen LogP contribution in [0.2, 0.25) is 0 Å². The maximum absolute atomic E-state index is 13.2. The summed E-state index contributed by atoms with van der Waals surface area (Å²) in [5, 5.41) is 12.0. The van der Waals surface area contributed by atoms with Gasteiger partial charge in [0, 0.05) is 22.8 Å². The van der Waals surface area contributed by atoms with Crippen LogP contribution in [0.15, 0.2) is 66.7 Å². The molecule has 9 heteroatoms. The largest absolute Gasteiger partial charge is 0.487 e. The van der Waals surface area contributed by atoms with E-state index in [0.717, 1.165) is 0 Å². The molecule has 1 aliphatic heterocycles. The molecule has 0 N–H and O–H groups in total. The molecule has 0 saturated heterocycles. The SMILES string of the molecule is CCOc1ccc(-c2sc(C(=O)c3ccccc3)nc2-c2ccc3c(c2)OCO3)cc1[N+](=O)[O-]. The minimum absolute atomic E-state index is 0.130. The number of fused-ring (bicyclic) bond motifs is 1. The standard InChI is InChI=1S/C25H18N2O6S/c1-2-31-19-10-9-17(12-18(19)27(29)30)24-22(16-8-11-20-21(13-16)33-14-32-20)26-25(34-24)23(28)15-6-4-3-5-7-15/h3-13H,2,14H2,1H3. The minimum atomic E-state index is -0.480. The van der Waals surface area contributed by atoms with Gasteiger partial charge < -0.3 is 14.2 Å². The van der Waals surface area contributed by atoms with E-state index in [1.807, 2.05) is 12.1 Å². The van der Waals surface area contributed by atoms with Crippen molar-refractivity contribution < 1.29 is 23.9 Å². The maximum atomic E-state index is 13.2. The van der Waals surface area contributed by atoms with Crippen LogP contribution in [0.1, 0.15) is 22.3 Å². The Labute approximate surface area is 198 Å². The quantitative estimate of drug-likeness (QED) is 0.191. The van der Waals surface area contributed by atoms with Crippen molar-refractivity contribution in [2.75, 3.05) is 13.4 Å². The first-order valence-electron chi connectivity index (χ1n) is 10.5. The molecule has 0 unspecified atom stereocenters. The number of aromatic nitrogens is 1. The van der Waals surface area contributed by atoms with Gasteiger partial charge in [0.2, 0.25) is 12.6 Å². The summed E-state index contributed by atoms with van der Waals surface area (Å²) in [4.78, 5) is 29.7. The van der Waals surface area contributed by atoms with E-state index in [9.17, 15) is 14.9 Å². The van der Waals surface area contributed by atoms with Gasteiger partial charge in [-0.25, -0.2) is 4.98 Å². The van der Waals surface area contributed by atoms with Crippen molar-refractivity contribution in [1.82, 2.24) is 4.98 Å². The summed E-state index contributed by atoms with van der Waals surface area (Å²) in [6, 6.07) is 19.0. The molecule has 0 saturated carbocycles. The number of hydrogen-bond donors (Lipinski definition) is 0. The molecule has 34 heavy (non-hydrogen) atoms. The van der Waals surface area contributed by atoms with E-state index in [4.69, 9.17) is 14.2 Å². The highest BCUT2D eigenvalue weighted by molar-refractivity contribution is 7.17. The van der Waals surface area contributed by atoms with Crippen LogP contribution < -0.4 is 14.2 Å². The van der Waals surface area contributed by atoms with Crippen molar-refractivity contribution in [3.05, 3.63) is 87.4 Å². The van der Waals surface area contributed by atoms with Crippen molar-refractivity contribution in [1.29, 1.82) is 0 Å². The van der Waals surface area contributed by atoms with Gasteiger partial charge in [-0.15, -0.1) is 11.3 Å². The van der Waals surface area contributed by atoms with Gasteiger partial charge in [-0.1, -0.05) is 30.3 Å². The molecule has 0 spiro atoms. The fraction of sp³-hybridized carbons (Fsp3) is 0.120. The number of ketones is 1. The summed E-state index contributed by atoms with van der Waals surface area (Å²) >= 11 is 1.19. The summed E-state index contributed by atoms with van der Waals surface area (Å²) < 4.78 is 16.3. The molecule has 0 fully saturated rings. The lowest BCUT2D eigenvalue weighted by Gasteiger charge is -2.07. The van der Waals surface area contributed by atoms with Gasteiger partial charge >= 0.3 is 5.69 Å². The van der Waals surface area contributed by atoms with Gasteiger partial charge in [0.15, 0.2) is 22.3 Å². The van der Waals surface area contributed by atoms with Crippen molar-refractivity contribution in [3.63, 3.8) is 0 Å². The Morgan fingerprint density at radius 2 is 1.82 bits per heavy atom. The van der Waals surface area contributed by atoms with Crippen LogP contribution in [-0.4, -0.2) is 29.1 Å². The number of nitro groups is 1. The Morgan fingerprint density at radius 3 is 2.59 bits per heavy atom. The van der Waals surface area contributed by atoms with Crippen LogP contribution in [0.4, 0.5) is 5.69 Å².